The molecule has 0 unspecified atom stereocenters. The van der Waals surface area contributed by atoms with Crippen molar-refractivity contribution in [3.8, 4) is 23.3 Å². The lowest BCUT2D eigenvalue weighted by atomic mass is 9.98. The van der Waals surface area contributed by atoms with E-state index in [9.17, 15) is 23.6 Å². The number of benzene rings is 2. The van der Waals surface area contributed by atoms with E-state index in [1.54, 1.807) is 36.9 Å². The zero-order chi connectivity index (χ0) is 33.6. The summed E-state index contributed by atoms with van der Waals surface area (Å²) < 4.78 is 22.2. The van der Waals surface area contributed by atoms with Crippen LogP contribution in [0.15, 0.2) is 63.0 Å². The predicted molar refractivity (Wildman–Crippen MR) is 183 cm³/mol. The van der Waals surface area contributed by atoms with Crippen molar-refractivity contribution < 1.29 is 13.9 Å². The van der Waals surface area contributed by atoms with Gasteiger partial charge < -0.3 is 14.6 Å². The average Bonchev–Trinajstić information content (AvgIpc) is 3.07. The number of carbonyl (C=O) groups excluding carboxylic acids is 1. The van der Waals surface area contributed by atoms with Gasteiger partial charge in [0.15, 0.2) is 0 Å². The van der Waals surface area contributed by atoms with E-state index in [1.165, 1.54) is 22.9 Å². The van der Waals surface area contributed by atoms with Crippen molar-refractivity contribution in [3.05, 3.63) is 97.1 Å². The Balaban J connectivity index is 0.977. The second-order valence-corrected chi connectivity index (χ2v) is 13.5. The molecule has 0 spiro atoms. The Morgan fingerprint density at radius 1 is 1.02 bits per heavy atom. The van der Waals surface area contributed by atoms with Crippen LogP contribution in [0.2, 0.25) is 0 Å². The number of likely N-dealkylation sites (tertiary alicyclic amines) is 2. The van der Waals surface area contributed by atoms with Crippen LogP contribution < -0.4 is 21.5 Å². The van der Waals surface area contributed by atoms with Crippen molar-refractivity contribution >= 4 is 28.6 Å². The van der Waals surface area contributed by atoms with Gasteiger partial charge in [0.1, 0.15) is 22.8 Å². The van der Waals surface area contributed by atoms with E-state index < -0.39 is 22.6 Å². The molecule has 4 aromatic rings. The first kappa shape index (κ1) is 33.2. The van der Waals surface area contributed by atoms with Crippen molar-refractivity contribution in [1.29, 1.82) is 0 Å². The molecule has 2 aromatic heterocycles. The number of aromatic nitrogens is 4. The monoisotopic (exact) mass is 672 g/mol. The number of fused-ring (bicyclic) bond motifs is 1. The summed E-state index contributed by atoms with van der Waals surface area (Å²) >= 11 is 1.74. The van der Waals surface area contributed by atoms with Crippen LogP contribution in [0.25, 0.3) is 16.6 Å². The molecule has 2 aliphatic heterocycles. The summed E-state index contributed by atoms with van der Waals surface area (Å²) in [6, 6.07) is 11.4. The van der Waals surface area contributed by atoms with Gasteiger partial charge in [-0.1, -0.05) is 11.8 Å². The molecular weight excluding hydrogens is 635 g/mol. The van der Waals surface area contributed by atoms with Crippen LogP contribution in [0, 0.1) is 23.6 Å². The van der Waals surface area contributed by atoms with Gasteiger partial charge in [-0.2, -0.15) is 11.8 Å². The molecule has 1 amide bonds. The molecule has 250 valence electrons. The number of rotatable bonds is 8. The molecule has 2 fully saturated rings. The van der Waals surface area contributed by atoms with E-state index in [0.717, 1.165) is 44.3 Å². The van der Waals surface area contributed by atoms with Crippen molar-refractivity contribution in [2.24, 2.45) is 5.92 Å². The number of hydrogen-bond donors (Lipinski definition) is 2. The van der Waals surface area contributed by atoms with Gasteiger partial charge in [0.25, 0.3) is 11.1 Å². The Bertz CT molecular complexity index is 2020. The van der Waals surface area contributed by atoms with E-state index in [0.29, 0.717) is 54.5 Å². The summed E-state index contributed by atoms with van der Waals surface area (Å²) in [6.07, 6.45) is 5.07. The molecular formula is C35H37FN6O5S. The number of piperidine rings is 2. The molecule has 11 nitrogen and oxygen atoms in total. The van der Waals surface area contributed by atoms with Gasteiger partial charge in [-0.25, -0.2) is 14.2 Å². The summed E-state index contributed by atoms with van der Waals surface area (Å²) in [5.41, 5.74) is 0.340. The number of nitrogens with one attached hydrogen (secondary N) is 2. The second-order valence-electron chi connectivity index (χ2n) is 12.2. The zero-order valence-corrected chi connectivity index (χ0v) is 27.5. The predicted octanol–water partition coefficient (Wildman–Crippen LogP) is 3.29. The van der Waals surface area contributed by atoms with Crippen LogP contribution in [-0.2, 0) is 10.5 Å². The molecule has 6 rings (SSSR count). The van der Waals surface area contributed by atoms with Gasteiger partial charge in [0.2, 0.25) is 5.91 Å². The minimum Gasteiger partial charge on any atom is -0.493 e. The number of nitrogens with zero attached hydrogens (tertiary/aromatic N) is 4. The summed E-state index contributed by atoms with van der Waals surface area (Å²) in [4.78, 5) is 61.4. The maximum atomic E-state index is 14.9. The maximum Gasteiger partial charge on any atom is 0.332 e. The highest BCUT2D eigenvalue weighted by atomic mass is 32.2. The van der Waals surface area contributed by atoms with Crippen LogP contribution in [0.3, 0.4) is 0 Å². The van der Waals surface area contributed by atoms with Crippen LogP contribution in [0.4, 0.5) is 4.39 Å². The number of H-pyrrole nitrogens is 2. The minimum absolute atomic E-state index is 0.0690. The summed E-state index contributed by atoms with van der Waals surface area (Å²) in [7, 11) is 0. The Morgan fingerprint density at radius 3 is 2.48 bits per heavy atom. The lowest BCUT2D eigenvalue weighted by molar-refractivity contribution is -0.130. The largest absolute Gasteiger partial charge is 0.493 e. The first-order valence-electron chi connectivity index (χ1n) is 16.1. The molecule has 13 heteroatoms. The van der Waals surface area contributed by atoms with Gasteiger partial charge in [0.05, 0.1) is 30.1 Å². The summed E-state index contributed by atoms with van der Waals surface area (Å²) in [5, 5.41) is 0.334. The molecule has 48 heavy (non-hydrogen) atoms. The van der Waals surface area contributed by atoms with Crippen LogP contribution >= 0.6 is 11.8 Å². The van der Waals surface area contributed by atoms with Gasteiger partial charge in [0, 0.05) is 68.3 Å². The Kier molecular flexibility index (Phi) is 10.4. The first-order valence-corrected chi connectivity index (χ1v) is 17.1. The lowest BCUT2D eigenvalue weighted by Crippen LogP contribution is -2.38. The fourth-order valence-electron chi connectivity index (χ4n) is 6.04. The third kappa shape index (κ3) is 8.24. The van der Waals surface area contributed by atoms with E-state index in [2.05, 4.69) is 31.7 Å². The number of halogens is 1. The maximum absolute atomic E-state index is 14.9. The molecule has 2 saturated heterocycles. The number of amides is 1. The molecule has 0 radical (unpaired) electrons. The molecule has 0 atom stereocenters. The normalized spacial score (nSPS) is 16.1. The fraction of sp³-hybridized carbons (Fsp3) is 0.400. The number of thioether (sulfide) groups is 1. The van der Waals surface area contributed by atoms with E-state index in [-0.39, 0.29) is 22.7 Å². The molecule has 4 heterocycles. The standard InChI is InChI=1S/C35H37FN6O5S/c1-23(43)41-16-8-25(9-17-41)21-47-27-19-29(36)33-30(20-27)37-31(38-34(33)45)22-48-28-10-14-40(15-11-28)13-2-3-24-4-6-26(7-5-24)42-18-12-32(44)39-35(42)46/h4-7,12,18-20,25,28H,8-11,13-17,21-22H2,1H3,(H,37,38,45)(H,39,44,46). The SMILES string of the molecule is CC(=O)N1CCC(COc2cc(F)c3c(=O)[nH]c(CSC4CCN(CC#Cc5ccc(-n6ccc(=O)[nH]c6=O)cc5)CC4)nc3c2)CC1. The van der Waals surface area contributed by atoms with E-state index >= 15 is 0 Å². The zero-order valence-electron chi connectivity index (χ0n) is 26.7. The molecule has 0 saturated carbocycles. The summed E-state index contributed by atoms with van der Waals surface area (Å²) in [5.74, 6) is 7.48. The second kappa shape index (κ2) is 15.0. The number of carbonyl (C=O) groups is 1. The third-order valence-electron chi connectivity index (χ3n) is 8.82. The van der Waals surface area contributed by atoms with Crippen LogP contribution in [0.1, 0.15) is 44.0 Å². The van der Waals surface area contributed by atoms with Gasteiger partial charge in [-0.15, -0.1) is 0 Å². The van der Waals surface area contributed by atoms with Crippen molar-refractivity contribution in [1.82, 2.24) is 29.3 Å². The van der Waals surface area contributed by atoms with Gasteiger partial charge >= 0.3 is 5.69 Å². The minimum atomic E-state index is -0.656. The van der Waals surface area contributed by atoms with Crippen LogP contribution in [0.5, 0.6) is 5.75 Å². The molecule has 2 aliphatic rings. The fourth-order valence-corrected chi connectivity index (χ4v) is 7.11. The van der Waals surface area contributed by atoms with Gasteiger partial charge in [-0.05, 0) is 55.9 Å². The topological polar surface area (TPSA) is 133 Å². The van der Waals surface area contributed by atoms with Gasteiger partial charge in [-0.3, -0.25) is 28.8 Å². The molecule has 2 aromatic carbocycles. The number of hydrogen-bond acceptors (Lipinski definition) is 8. The van der Waals surface area contributed by atoms with Crippen molar-refractivity contribution in [2.75, 3.05) is 39.3 Å². The number of ether oxygens (including phenoxy) is 1. The van der Waals surface area contributed by atoms with Crippen LogP contribution in [-0.4, -0.2) is 79.8 Å². The molecule has 0 aliphatic carbocycles. The Labute approximate surface area is 280 Å². The average molecular weight is 673 g/mol. The van der Waals surface area contributed by atoms with Crippen molar-refractivity contribution in [3.63, 3.8) is 0 Å². The smallest absolute Gasteiger partial charge is 0.332 e. The van der Waals surface area contributed by atoms with E-state index in [1.807, 2.05) is 17.0 Å². The first-order chi connectivity index (χ1) is 23.2. The highest BCUT2D eigenvalue weighted by Gasteiger charge is 2.22. The Hall–Kier alpha value is -4.67. The highest BCUT2D eigenvalue weighted by Crippen LogP contribution is 2.27. The Morgan fingerprint density at radius 2 is 1.77 bits per heavy atom. The van der Waals surface area contributed by atoms with Crippen molar-refractivity contribution in [2.45, 2.75) is 43.6 Å². The third-order valence-corrected chi connectivity index (χ3v) is 10.2. The highest BCUT2D eigenvalue weighted by molar-refractivity contribution is 7.99. The molecule has 2 N–H and O–H groups in total. The number of aromatic amines is 2. The summed E-state index contributed by atoms with van der Waals surface area (Å²) in [6.45, 7) is 5.85. The lowest BCUT2D eigenvalue weighted by Gasteiger charge is -2.31. The quantitative estimate of drug-likeness (QED) is 0.273. The molecule has 0 bridgehead atoms. The van der Waals surface area contributed by atoms with E-state index in [4.69, 9.17) is 4.74 Å².